The van der Waals surface area contributed by atoms with E-state index in [4.69, 9.17) is 33.8 Å². The smallest absolute Gasteiger partial charge is 0.239 e. The highest BCUT2D eigenvalue weighted by atomic mass is 16.3. The van der Waals surface area contributed by atoms with E-state index < -0.39 is 0 Å². The minimum absolute atomic E-state index is 0.622. The molecule has 0 amide bonds. The number of para-hydroxylation sites is 11. The van der Waals surface area contributed by atoms with Crippen LogP contribution in [0, 0.1) is 41.5 Å². The zero-order valence-corrected chi connectivity index (χ0v) is 73.3. The Morgan fingerprint density at radius 1 is 0.189 bits per heavy atom. The molecule has 16 aromatic carbocycles. The third-order valence-corrected chi connectivity index (χ3v) is 23.6. The molecule has 0 aliphatic heterocycles. The standard InChI is InChI=1S/C29H20N4.C28H19N5.C17H14N2.C16H13N3.2C13H10O/c1-19-30-28(32-24-14-6-2-10-20(24)21-11-3-7-15-25(21)32)18-29(31-19)33-26-16-8-4-12-22(26)23-13-5-9-17-27(23)33;1-18-29-27(32-23-14-6-2-10-19(23)20-11-3-7-15-24(20)32)31-28(30-18)33-25-16-8-4-12-21(25)22-13-5-9-17-26(22)33;1-13-18-16(14-8-4-2-5-9-14)12-17(19-13)15-10-6-3-7-11-15;1-12-17-15(13-8-4-2-5-9-13)19-16(18-12)14-10-6-3-7-11-14;1-9-5-4-7-11-10-6-2-3-8-12(10)14-13(9)11;1-9-6-7-13-11(8-9)10-4-2-3-5-12(10)14-13/h2-18H,1H3;2-17H,1H3;2-12H,1H3;2-11H,1H3;2*2-8H,1H3. The molecule has 0 bridgehead atoms. The molecule has 16 heteroatoms. The van der Waals surface area contributed by atoms with Crippen molar-refractivity contribution in [1.29, 1.82) is 0 Å². The van der Waals surface area contributed by atoms with Gasteiger partial charge >= 0.3 is 0 Å². The van der Waals surface area contributed by atoms with E-state index in [9.17, 15) is 0 Å². The van der Waals surface area contributed by atoms with Crippen LogP contribution in [0.5, 0.6) is 0 Å². The molecule has 0 saturated heterocycles. The fourth-order valence-electron chi connectivity index (χ4n) is 17.8. The van der Waals surface area contributed by atoms with Gasteiger partial charge in [-0.1, -0.05) is 333 Å². The number of hydrogen-bond donors (Lipinski definition) is 0. The Labute approximate surface area is 760 Å². The van der Waals surface area contributed by atoms with Gasteiger partial charge in [-0.2, -0.15) is 15.0 Å². The second kappa shape index (κ2) is 35.7. The maximum Gasteiger partial charge on any atom is 0.239 e. The molecule has 16 nitrogen and oxygen atoms in total. The molecular formula is C116H86N14O2. The van der Waals surface area contributed by atoms with Gasteiger partial charge in [0.2, 0.25) is 11.9 Å². The number of nitrogens with zero attached hydrogens (tertiary/aromatic N) is 14. The van der Waals surface area contributed by atoms with Crippen LogP contribution < -0.4 is 0 Å². The lowest BCUT2D eigenvalue weighted by Crippen LogP contribution is -2.10. The molecule has 632 valence electrons. The van der Waals surface area contributed by atoms with Crippen molar-refractivity contribution in [2.24, 2.45) is 0 Å². The van der Waals surface area contributed by atoms with Crippen LogP contribution in [0.25, 0.3) is 200 Å². The largest absolute Gasteiger partial charge is 0.456 e. The normalized spacial score (nSPS) is 11.3. The Morgan fingerprint density at radius 2 is 0.485 bits per heavy atom. The summed E-state index contributed by atoms with van der Waals surface area (Å²) in [5.41, 5.74) is 21.4. The molecule has 0 aliphatic rings. The number of aryl methyl sites for hydroxylation is 6. The predicted molar refractivity (Wildman–Crippen MR) is 539 cm³/mol. The van der Waals surface area contributed by atoms with Crippen LogP contribution in [0.4, 0.5) is 0 Å². The lowest BCUT2D eigenvalue weighted by atomic mass is 10.1. The Balaban J connectivity index is 0.0000000989. The topological polar surface area (TPSA) is 175 Å². The van der Waals surface area contributed by atoms with Crippen LogP contribution in [-0.2, 0) is 0 Å². The fourth-order valence-corrected chi connectivity index (χ4v) is 17.8. The molecule has 0 fully saturated rings. The molecule has 26 aromatic rings. The minimum atomic E-state index is 0.622. The lowest BCUT2D eigenvalue weighted by Gasteiger charge is -2.12. The van der Waals surface area contributed by atoms with Crippen LogP contribution in [-0.4, -0.2) is 68.1 Å². The monoisotopic (exact) mass is 1710 g/mol. The molecule has 26 rings (SSSR count). The maximum absolute atomic E-state index is 5.78. The average molecular weight is 1710 g/mol. The number of hydrogen-bond acceptors (Lipinski definition) is 12. The van der Waals surface area contributed by atoms with E-state index in [-0.39, 0.29) is 0 Å². The van der Waals surface area contributed by atoms with Crippen molar-refractivity contribution >= 4 is 131 Å². The predicted octanol–water partition coefficient (Wildman–Crippen LogP) is 28.8. The molecule has 0 unspecified atom stereocenters. The summed E-state index contributed by atoms with van der Waals surface area (Å²) in [5.74, 6) is 7.36. The highest BCUT2D eigenvalue weighted by molar-refractivity contribution is 6.13. The first kappa shape index (κ1) is 81.5. The number of fused-ring (bicyclic) bond motifs is 18. The molecular weight excluding hydrogens is 1620 g/mol. The fraction of sp³-hybridized carbons (Fsp3) is 0.0517. The van der Waals surface area contributed by atoms with Crippen LogP contribution in [0.3, 0.4) is 0 Å². The molecule has 0 N–H and O–H groups in total. The quantitative estimate of drug-likeness (QED) is 0.141. The molecule has 0 radical (unpaired) electrons. The Morgan fingerprint density at radius 3 is 0.879 bits per heavy atom. The van der Waals surface area contributed by atoms with Crippen molar-refractivity contribution in [3.8, 4) is 68.8 Å². The first-order valence-corrected chi connectivity index (χ1v) is 44.0. The van der Waals surface area contributed by atoms with E-state index in [0.717, 1.165) is 129 Å². The third kappa shape index (κ3) is 16.0. The van der Waals surface area contributed by atoms with E-state index in [1.807, 2.05) is 173 Å². The molecule has 0 atom stereocenters. The summed E-state index contributed by atoms with van der Waals surface area (Å²) in [6.45, 7) is 11.9. The summed E-state index contributed by atoms with van der Waals surface area (Å²) < 4.78 is 20.3. The molecule has 10 heterocycles. The number of aromatic nitrogens is 14. The summed E-state index contributed by atoms with van der Waals surface area (Å²) in [6, 6.07) is 141. The van der Waals surface area contributed by atoms with Gasteiger partial charge in [-0.3, -0.25) is 18.3 Å². The SMILES string of the molecule is Cc1ccc2oc3ccccc3c2c1.Cc1cccc2c1oc1ccccc12.Cc1nc(-c2ccccc2)cc(-c2ccccc2)n1.Cc1nc(-c2ccccc2)nc(-c2ccccc2)n1.Cc1nc(-n2c3ccccc3c3ccccc32)cc(-n2c3ccccc3c3ccccc32)n1.Cc1nc(-n2c3ccccc3c3ccccc32)nc(-n2c3ccccc3c3ccccc32)n1. The van der Waals surface area contributed by atoms with Crippen molar-refractivity contribution in [3.63, 3.8) is 0 Å². The van der Waals surface area contributed by atoms with Crippen LogP contribution >= 0.6 is 0 Å². The van der Waals surface area contributed by atoms with Crippen LogP contribution in [0.1, 0.15) is 34.4 Å². The van der Waals surface area contributed by atoms with Crippen LogP contribution in [0.2, 0.25) is 0 Å². The van der Waals surface area contributed by atoms with Gasteiger partial charge in [0.1, 0.15) is 57.3 Å². The van der Waals surface area contributed by atoms with Crippen molar-refractivity contribution in [1.82, 2.24) is 68.1 Å². The molecule has 0 aliphatic carbocycles. The van der Waals surface area contributed by atoms with E-state index in [2.05, 4.69) is 324 Å². The highest BCUT2D eigenvalue weighted by Crippen LogP contribution is 2.39. The van der Waals surface area contributed by atoms with E-state index >= 15 is 0 Å². The number of rotatable bonds is 8. The summed E-state index contributed by atoms with van der Waals surface area (Å²) in [4.78, 5) is 46.7. The van der Waals surface area contributed by atoms with Crippen molar-refractivity contribution < 1.29 is 8.83 Å². The molecule has 10 aromatic heterocycles. The van der Waals surface area contributed by atoms with Gasteiger partial charge in [0.15, 0.2) is 11.6 Å². The van der Waals surface area contributed by atoms with E-state index in [0.29, 0.717) is 29.4 Å². The Kier molecular flexibility index (Phi) is 22.1. The summed E-state index contributed by atoms with van der Waals surface area (Å²) in [5, 5.41) is 14.5. The first-order chi connectivity index (χ1) is 64.9. The van der Waals surface area contributed by atoms with Gasteiger partial charge in [-0.25, -0.2) is 34.9 Å². The second-order valence-corrected chi connectivity index (χ2v) is 32.4. The van der Waals surface area contributed by atoms with Crippen molar-refractivity contribution in [3.05, 3.63) is 447 Å². The summed E-state index contributed by atoms with van der Waals surface area (Å²) >= 11 is 0. The van der Waals surface area contributed by atoms with Gasteiger partial charge in [0.05, 0.1) is 55.5 Å². The minimum Gasteiger partial charge on any atom is -0.456 e. The van der Waals surface area contributed by atoms with Gasteiger partial charge in [-0.15, -0.1) is 0 Å². The average Bonchev–Trinajstić information content (AvgIpc) is 1.58. The molecule has 0 saturated carbocycles. The Bertz CT molecular complexity index is 7760. The first-order valence-electron chi connectivity index (χ1n) is 44.0. The molecule has 0 spiro atoms. The molecule has 132 heavy (non-hydrogen) atoms. The van der Waals surface area contributed by atoms with E-state index in [1.54, 1.807) is 0 Å². The zero-order valence-electron chi connectivity index (χ0n) is 73.3. The van der Waals surface area contributed by atoms with Gasteiger partial charge in [0.25, 0.3) is 0 Å². The van der Waals surface area contributed by atoms with Gasteiger partial charge < -0.3 is 8.83 Å². The summed E-state index contributed by atoms with van der Waals surface area (Å²) in [6.07, 6.45) is 0. The maximum atomic E-state index is 5.78. The lowest BCUT2D eigenvalue weighted by molar-refractivity contribution is 0.666. The second-order valence-electron chi connectivity index (χ2n) is 32.4. The van der Waals surface area contributed by atoms with Gasteiger partial charge in [-0.05, 0) is 126 Å². The zero-order chi connectivity index (χ0) is 89.1. The van der Waals surface area contributed by atoms with Gasteiger partial charge in [0, 0.05) is 93.0 Å². The van der Waals surface area contributed by atoms with Crippen LogP contribution in [0.15, 0.2) is 421 Å². The van der Waals surface area contributed by atoms with Crippen molar-refractivity contribution in [2.75, 3.05) is 0 Å². The summed E-state index contributed by atoms with van der Waals surface area (Å²) in [7, 11) is 0. The highest BCUT2D eigenvalue weighted by Gasteiger charge is 2.22. The number of benzene rings is 16. The van der Waals surface area contributed by atoms with E-state index in [1.165, 1.54) is 75.8 Å². The van der Waals surface area contributed by atoms with Crippen molar-refractivity contribution in [2.45, 2.75) is 41.5 Å². The Hall–Kier alpha value is -17.5. The number of furan rings is 2. The third-order valence-electron chi connectivity index (χ3n) is 23.6.